The van der Waals surface area contributed by atoms with Crippen molar-refractivity contribution in [2.75, 3.05) is 7.05 Å². The van der Waals surface area contributed by atoms with E-state index in [4.69, 9.17) is 0 Å². The van der Waals surface area contributed by atoms with Crippen LogP contribution in [0.25, 0.3) is 0 Å². The van der Waals surface area contributed by atoms with Gasteiger partial charge in [-0.25, -0.2) is 4.74 Å². The maximum atomic E-state index is 9.96. The van der Waals surface area contributed by atoms with E-state index >= 15 is 0 Å². The highest BCUT2D eigenvalue weighted by atomic mass is 16.5. The van der Waals surface area contributed by atoms with Crippen molar-refractivity contribution in [3.63, 3.8) is 0 Å². The van der Waals surface area contributed by atoms with E-state index in [0.717, 1.165) is 6.21 Å². The summed E-state index contributed by atoms with van der Waals surface area (Å²) < 4.78 is 0.475. The zero-order chi connectivity index (χ0) is 5.86. The molecule has 0 saturated heterocycles. The van der Waals surface area contributed by atoms with Crippen LogP contribution in [0.15, 0.2) is 0 Å². The van der Waals surface area contributed by atoms with Crippen LogP contribution < -0.4 is 0 Å². The van der Waals surface area contributed by atoms with Crippen molar-refractivity contribution < 1.29 is 9.53 Å². The van der Waals surface area contributed by atoms with E-state index in [2.05, 4.69) is 0 Å². The topological polar surface area (TPSA) is 43.1 Å². The first-order valence-electron chi connectivity index (χ1n) is 1.88. The third kappa shape index (κ3) is 5.14. The van der Waals surface area contributed by atoms with Gasteiger partial charge in [-0.3, -0.25) is 4.79 Å². The summed E-state index contributed by atoms with van der Waals surface area (Å²) in [6.07, 6.45) is 0.972. The van der Waals surface area contributed by atoms with Crippen LogP contribution in [0.4, 0.5) is 0 Å². The summed E-state index contributed by atoms with van der Waals surface area (Å²) in [4.78, 5) is 9.96. The summed E-state index contributed by atoms with van der Waals surface area (Å²) in [5, 5.41) is 9.89. The zero-order valence-corrected chi connectivity index (χ0v) is 4.34. The molecule has 0 aromatic heterocycles. The summed E-state index contributed by atoms with van der Waals surface area (Å²) in [5.74, 6) is -0.225. The molecule has 3 nitrogen and oxygen atoms in total. The molecule has 0 unspecified atom stereocenters. The number of hydroxylamine groups is 1. The second-order valence-electron chi connectivity index (χ2n) is 1.29. The van der Waals surface area contributed by atoms with Crippen molar-refractivity contribution in [2.24, 2.45) is 0 Å². The molecule has 0 aliphatic heterocycles. The molecule has 0 bridgehead atoms. The van der Waals surface area contributed by atoms with Crippen LogP contribution in [0, 0.1) is 5.21 Å². The Kier molecular flexibility index (Phi) is 2.05. The van der Waals surface area contributed by atoms with Gasteiger partial charge in [-0.1, -0.05) is 0 Å². The van der Waals surface area contributed by atoms with Gasteiger partial charge in [0.05, 0.1) is 0 Å². The number of carbonyl (C=O) groups is 1. The van der Waals surface area contributed by atoms with Gasteiger partial charge in [0, 0.05) is 6.92 Å². The van der Waals surface area contributed by atoms with E-state index in [1.54, 1.807) is 0 Å². The van der Waals surface area contributed by atoms with Crippen LogP contribution in [0.1, 0.15) is 6.92 Å². The number of rotatable bonds is 1. The highest BCUT2D eigenvalue weighted by Crippen LogP contribution is 1.58. The lowest BCUT2D eigenvalue weighted by Gasteiger charge is -1.88. The Morgan fingerprint density at radius 2 is 2.29 bits per heavy atom. The van der Waals surface area contributed by atoms with Gasteiger partial charge in [0.1, 0.15) is 7.05 Å². The molecule has 0 aliphatic carbocycles. The first kappa shape index (κ1) is 6.14. The predicted molar refractivity (Wildman–Crippen MR) is 26.3 cm³/mol. The number of carbonyl (C=O) groups excluding carboxylic acids is 1. The van der Waals surface area contributed by atoms with E-state index in [-0.39, 0.29) is 5.78 Å². The number of hydrogen-bond acceptors (Lipinski definition) is 2. The molecule has 0 spiro atoms. The molecular formula is C4H7NO2. The lowest BCUT2D eigenvalue weighted by atomic mass is 10.5. The largest absolute Gasteiger partial charge is 0.624 e. The fraction of sp³-hybridized carbons (Fsp3) is 0.500. The van der Waals surface area contributed by atoms with Crippen molar-refractivity contribution in [3.05, 3.63) is 5.21 Å². The normalized spacial score (nSPS) is 11.4. The minimum Gasteiger partial charge on any atom is -0.624 e. The predicted octanol–water partition coefficient (Wildman–Crippen LogP) is -0.214. The molecule has 0 radical (unpaired) electrons. The van der Waals surface area contributed by atoms with Gasteiger partial charge >= 0.3 is 0 Å². The molecule has 3 heteroatoms. The third-order valence-corrected chi connectivity index (χ3v) is 0.364. The van der Waals surface area contributed by atoms with Crippen molar-refractivity contribution in [1.29, 1.82) is 0 Å². The lowest BCUT2D eigenvalue weighted by molar-refractivity contribution is -0.416. The Morgan fingerprint density at radius 3 is 2.29 bits per heavy atom. The summed E-state index contributed by atoms with van der Waals surface area (Å²) in [5.41, 5.74) is 0. The molecule has 7 heavy (non-hydrogen) atoms. The van der Waals surface area contributed by atoms with Crippen LogP contribution in [0.2, 0.25) is 0 Å². The van der Waals surface area contributed by atoms with Gasteiger partial charge in [-0.05, 0) is 0 Å². The fourth-order valence-corrected chi connectivity index (χ4v) is 0.256. The Morgan fingerprint density at radius 1 is 1.86 bits per heavy atom. The molecule has 0 rings (SSSR count). The SMILES string of the molecule is CC(=O)/C=[N+](/C)[O-]. The number of Topliss-reactive ketones (excluding diaryl/α,β-unsaturated/α-hetero) is 1. The van der Waals surface area contributed by atoms with Crippen molar-refractivity contribution in [1.82, 2.24) is 0 Å². The summed E-state index contributed by atoms with van der Waals surface area (Å²) in [7, 11) is 1.27. The van der Waals surface area contributed by atoms with Gasteiger partial charge in [0.15, 0.2) is 0 Å². The minimum absolute atomic E-state index is 0.225. The van der Waals surface area contributed by atoms with E-state index in [1.165, 1.54) is 14.0 Å². The summed E-state index contributed by atoms with van der Waals surface area (Å²) in [6.45, 7) is 1.33. The highest BCUT2D eigenvalue weighted by molar-refractivity contribution is 6.24. The monoisotopic (exact) mass is 101 g/mol. The fourth-order valence-electron chi connectivity index (χ4n) is 0.256. The van der Waals surface area contributed by atoms with Crippen LogP contribution >= 0.6 is 0 Å². The molecule has 0 aliphatic rings. The van der Waals surface area contributed by atoms with Gasteiger partial charge in [-0.2, -0.15) is 0 Å². The standard InChI is InChI=1S/C4H7NO2/c1-4(6)3-5(2)7/h3H,1-2H3/b5-3-. The maximum absolute atomic E-state index is 9.96. The first-order chi connectivity index (χ1) is 3.13. The van der Waals surface area contributed by atoms with Crippen LogP contribution in [-0.2, 0) is 4.79 Å². The number of nitrogens with zero attached hydrogens (tertiary/aromatic N) is 1. The van der Waals surface area contributed by atoms with Gasteiger partial charge < -0.3 is 5.21 Å². The molecule has 0 aromatic carbocycles. The second-order valence-corrected chi connectivity index (χ2v) is 1.29. The lowest BCUT2D eigenvalue weighted by Crippen LogP contribution is -2.02. The summed E-state index contributed by atoms with van der Waals surface area (Å²) >= 11 is 0. The Labute approximate surface area is 41.8 Å². The van der Waals surface area contributed by atoms with Crippen LogP contribution in [-0.4, -0.2) is 23.8 Å². The number of hydrogen-bond donors (Lipinski definition) is 0. The van der Waals surface area contributed by atoms with E-state index in [0.29, 0.717) is 4.74 Å². The molecular weight excluding hydrogens is 94.0 g/mol. The molecule has 40 valence electrons. The minimum atomic E-state index is -0.225. The Balaban J connectivity index is 3.68. The molecule has 0 amide bonds. The molecule has 0 N–H and O–H groups in total. The van der Waals surface area contributed by atoms with E-state index < -0.39 is 0 Å². The molecule has 0 fully saturated rings. The van der Waals surface area contributed by atoms with Crippen LogP contribution in [0.5, 0.6) is 0 Å². The molecule has 0 atom stereocenters. The average molecular weight is 101 g/mol. The number of ketones is 1. The highest BCUT2D eigenvalue weighted by Gasteiger charge is 1.85. The summed E-state index contributed by atoms with van der Waals surface area (Å²) in [6, 6.07) is 0. The molecule has 0 heterocycles. The van der Waals surface area contributed by atoms with E-state index in [9.17, 15) is 10.0 Å². The van der Waals surface area contributed by atoms with Crippen LogP contribution in [0.3, 0.4) is 0 Å². The maximum Gasteiger partial charge on any atom is 0.217 e. The van der Waals surface area contributed by atoms with Gasteiger partial charge in [0.25, 0.3) is 0 Å². The Hall–Kier alpha value is -0.860. The smallest absolute Gasteiger partial charge is 0.217 e. The van der Waals surface area contributed by atoms with Crippen molar-refractivity contribution in [2.45, 2.75) is 6.92 Å². The molecule has 0 aromatic rings. The van der Waals surface area contributed by atoms with Crippen molar-refractivity contribution >= 4 is 12.0 Å². The van der Waals surface area contributed by atoms with E-state index in [1.807, 2.05) is 0 Å². The zero-order valence-electron chi connectivity index (χ0n) is 4.34. The average Bonchev–Trinajstić information content (AvgIpc) is 1.27. The van der Waals surface area contributed by atoms with Gasteiger partial charge in [-0.15, -0.1) is 0 Å². The van der Waals surface area contributed by atoms with Crippen molar-refractivity contribution in [3.8, 4) is 0 Å². The first-order valence-corrected chi connectivity index (χ1v) is 1.88. The quantitative estimate of drug-likeness (QED) is 0.198. The third-order valence-electron chi connectivity index (χ3n) is 0.364. The molecule has 0 saturated carbocycles. The second kappa shape index (κ2) is 2.34. The van der Waals surface area contributed by atoms with Gasteiger partial charge in [0.2, 0.25) is 12.0 Å². The Bertz CT molecular complexity index is 102.